The Hall–Kier alpha value is -0.900. The lowest BCUT2D eigenvalue weighted by molar-refractivity contribution is -0.124. The molecule has 4 heteroatoms. The van der Waals surface area contributed by atoms with E-state index in [1.807, 2.05) is 0 Å². The van der Waals surface area contributed by atoms with Crippen molar-refractivity contribution in [3.8, 4) is 0 Å². The van der Waals surface area contributed by atoms with Gasteiger partial charge in [-0.1, -0.05) is 0 Å². The van der Waals surface area contributed by atoms with Gasteiger partial charge in [0.1, 0.15) is 5.78 Å². The summed E-state index contributed by atoms with van der Waals surface area (Å²) in [6, 6.07) is 0. The molecule has 4 nitrogen and oxygen atoms in total. The van der Waals surface area contributed by atoms with Crippen LogP contribution in [0.1, 0.15) is 32.6 Å². The summed E-state index contributed by atoms with van der Waals surface area (Å²) in [4.78, 5) is 21.9. The zero-order chi connectivity index (χ0) is 11.1. The van der Waals surface area contributed by atoms with Gasteiger partial charge in [-0.05, 0) is 25.7 Å². The van der Waals surface area contributed by atoms with Crippen LogP contribution < -0.4 is 5.32 Å². The number of nitrogens with one attached hydrogen (secondary N) is 1. The average molecular weight is 213 g/mol. The Kier molecular flexibility index (Phi) is 5.32. The first-order valence-electron chi connectivity index (χ1n) is 5.52. The van der Waals surface area contributed by atoms with Gasteiger partial charge in [0.2, 0.25) is 5.91 Å². The van der Waals surface area contributed by atoms with Gasteiger partial charge in [0.25, 0.3) is 0 Å². The highest BCUT2D eigenvalue weighted by atomic mass is 16.5. The highest BCUT2D eigenvalue weighted by Crippen LogP contribution is 2.15. The molecule has 0 saturated carbocycles. The molecule has 0 radical (unpaired) electrons. The second-order valence-corrected chi connectivity index (χ2v) is 4.07. The molecule has 1 rings (SSSR count). The minimum atomic E-state index is -0.0240. The molecule has 1 N–H and O–H groups in total. The van der Waals surface area contributed by atoms with Crippen LogP contribution in [0.4, 0.5) is 0 Å². The van der Waals surface area contributed by atoms with Gasteiger partial charge in [0, 0.05) is 32.6 Å². The molecule has 1 saturated heterocycles. The summed E-state index contributed by atoms with van der Waals surface area (Å²) < 4.78 is 5.24. The van der Waals surface area contributed by atoms with E-state index in [2.05, 4.69) is 5.32 Å². The Morgan fingerprint density at radius 3 is 2.80 bits per heavy atom. The third-order valence-electron chi connectivity index (χ3n) is 2.60. The monoisotopic (exact) mass is 213 g/mol. The molecular weight excluding hydrogens is 194 g/mol. The molecule has 0 spiro atoms. The van der Waals surface area contributed by atoms with Crippen molar-refractivity contribution in [3.63, 3.8) is 0 Å². The number of ketones is 1. The van der Waals surface area contributed by atoms with Gasteiger partial charge >= 0.3 is 0 Å². The number of carbonyl (C=O) groups is 2. The van der Waals surface area contributed by atoms with Gasteiger partial charge in [0.15, 0.2) is 0 Å². The summed E-state index contributed by atoms with van der Waals surface area (Å²) in [5.41, 5.74) is 0. The van der Waals surface area contributed by atoms with E-state index in [9.17, 15) is 9.59 Å². The summed E-state index contributed by atoms with van der Waals surface area (Å²) >= 11 is 0. The quantitative estimate of drug-likeness (QED) is 0.713. The van der Waals surface area contributed by atoms with Crippen molar-refractivity contribution in [2.75, 3.05) is 19.8 Å². The first-order chi connectivity index (χ1) is 7.18. The highest BCUT2D eigenvalue weighted by Gasteiger charge is 2.15. The molecule has 0 aliphatic carbocycles. The maximum absolute atomic E-state index is 11.2. The molecule has 1 unspecified atom stereocenters. The molecule has 1 heterocycles. The Labute approximate surface area is 90.4 Å². The molecule has 1 atom stereocenters. The Bertz CT molecular complexity index is 222. The smallest absolute Gasteiger partial charge is 0.220 e. The van der Waals surface area contributed by atoms with Crippen LogP contribution in [0.5, 0.6) is 0 Å². The first kappa shape index (κ1) is 12.2. The van der Waals surface area contributed by atoms with Gasteiger partial charge in [-0.3, -0.25) is 4.79 Å². The Morgan fingerprint density at radius 2 is 2.20 bits per heavy atom. The molecule has 1 amide bonds. The Morgan fingerprint density at radius 1 is 1.40 bits per heavy atom. The molecular formula is C11H19NO3. The predicted octanol–water partition coefficient (Wildman–Crippen LogP) is 0.898. The number of carbonyl (C=O) groups excluding carboxylic acids is 2. The fourth-order valence-corrected chi connectivity index (χ4v) is 1.60. The highest BCUT2D eigenvalue weighted by molar-refractivity contribution is 5.83. The van der Waals surface area contributed by atoms with Crippen molar-refractivity contribution in [3.05, 3.63) is 0 Å². The van der Waals surface area contributed by atoms with Crippen molar-refractivity contribution < 1.29 is 14.3 Å². The van der Waals surface area contributed by atoms with E-state index in [1.165, 1.54) is 6.92 Å². The third kappa shape index (κ3) is 5.52. The zero-order valence-corrected chi connectivity index (χ0v) is 9.25. The van der Waals surface area contributed by atoms with E-state index < -0.39 is 0 Å². The summed E-state index contributed by atoms with van der Waals surface area (Å²) in [6.45, 7) is 3.88. The van der Waals surface area contributed by atoms with Crippen molar-refractivity contribution in [1.82, 2.24) is 5.32 Å². The maximum Gasteiger partial charge on any atom is 0.220 e. The molecule has 15 heavy (non-hydrogen) atoms. The summed E-state index contributed by atoms with van der Waals surface area (Å²) in [5.74, 6) is 0.636. The minimum absolute atomic E-state index is 0.0240. The topological polar surface area (TPSA) is 55.4 Å². The number of hydrogen-bond acceptors (Lipinski definition) is 3. The number of Topliss-reactive ketones (excluding diaryl/α,β-unsaturated/α-hetero) is 1. The van der Waals surface area contributed by atoms with Crippen molar-refractivity contribution in [1.29, 1.82) is 0 Å². The van der Waals surface area contributed by atoms with Gasteiger partial charge < -0.3 is 14.8 Å². The van der Waals surface area contributed by atoms with Crippen LogP contribution in [-0.2, 0) is 14.3 Å². The first-order valence-corrected chi connectivity index (χ1v) is 5.52. The molecule has 86 valence electrons. The fraction of sp³-hybridized carbons (Fsp3) is 0.818. The largest absolute Gasteiger partial charge is 0.381 e. The van der Waals surface area contributed by atoms with E-state index in [-0.39, 0.29) is 11.7 Å². The lowest BCUT2D eigenvalue weighted by Crippen LogP contribution is -2.26. The SMILES string of the molecule is CC(=O)CCC(=O)NCCC1CCOC1. The summed E-state index contributed by atoms with van der Waals surface area (Å²) in [7, 11) is 0. The van der Waals surface area contributed by atoms with Crippen molar-refractivity contribution in [2.45, 2.75) is 32.6 Å². The number of ether oxygens (including phenoxy) is 1. The molecule has 0 aromatic rings. The van der Waals surface area contributed by atoms with Gasteiger partial charge in [-0.2, -0.15) is 0 Å². The number of hydrogen-bond donors (Lipinski definition) is 1. The maximum atomic E-state index is 11.2. The van der Waals surface area contributed by atoms with Crippen molar-refractivity contribution >= 4 is 11.7 Å². The molecule has 0 bridgehead atoms. The van der Waals surface area contributed by atoms with Gasteiger partial charge in [-0.15, -0.1) is 0 Å². The molecule has 0 aromatic carbocycles. The Balaban J connectivity index is 1.98. The molecule has 0 aromatic heterocycles. The van der Waals surface area contributed by atoms with E-state index >= 15 is 0 Å². The van der Waals surface area contributed by atoms with Crippen LogP contribution in [-0.4, -0.2) is 31.4 Å². The fourth-order valence-electron chi connectivity index (χ4n) is 1.60. The predicted molar refractivity (Wildman–Crippen MR) is 56.5 cm³/mol. The van der Waals surface area contributed by atoms with E-state index in [1.54, 1.807) is 0 Å². The number of amides is 1. The second-order valence-electron chi connectivity index (χ2n) is 4.07. The van der Waals surface area contributed by atoms with E-state index in [4.69, 9.17) is 4.74 Å². The molecule has 1 aliphatic rings. The number of rotatable bonds is 6. The van der Waals surface area contributed by atoms with Gasteiger partial charge in [-0.25, -0.2) is 0 Å². The van der Waals surface area contributed by atoms with Crippen LogP contribution >= 0.6 is 0 Å². The third-order valence-corrected chi connectivity index (χ3v) is 2.60. The van der Waals surface area contributed by atoms with Crippen LogP contribution in [0.2, 0.25) is 0 Å². The van der Waals surface area contributed by atoms with Crippen LogP contribution in [0, 0.1) is 5.92 Å². The van der Waals surface area contributed by atoms with Crippen LogP contribution in [0.3, 0.4) is 0 Å². The van der Waals surface area contributed by atoms with E-state index in [0.29, 0.717) is 25.3 Å². The second kappa shape index (κ2) is 6.56. The van der Waals surface area contributed by atoms with Gasteiger partial charge in [0.05, 0.1) is 0 Å². The summed E-state index contributed by atoms with van der Waals surface area (Å²) in [6.07, 6.45) is 2.74. The standard InChI is InChI=1S/C11H19NO3/c1-9(13)2-3-11(14)12-6-4-10-5-7-15-8-10/h10H,2-8H2,1H3,(H,12,14). The zero-order valence-electron chi connectivity index (χ0n) is 9.25. The minimum Gasteiger partial charge on any atom is -0.381 e. The lowest BCUT2D eigenvalue weighted by Gasteiger charge is -2.08. The van der Waals surface area contributed by atoms with Crippen LogP contribution in [0.15, 0.2) is 0 Å². The molecule has 1 aliphatic heterocycles. The van der Waals surface area contributed by atoms with E-state index in [0.717, 1.165) is 26.1 Å². The average Bonchev–Trinajstić information content (AvgIpc) is 2.67. The van der Waals surface area contributed by atoms with Crippen molar-refractivity contribution in [2.24, 2.45) is 5.92 Å². The lowest BCUT2D eigenvalue weighted by atomic mass is 10.1. The van der Waals surface area contributed by atoms with Crippen LogP contribution in [0.25, 0.3) is 0 Å². The summed E-state index contributed by atoms with van der Waals surface area (Å²) in [5, 5.41) is 2.82. The molecule has 1 fully saturated rings. The normalized spacial score (nSPS) is 20.2.